The van der Waals surface area contributed by atoms with Crippen molar-refractivity contribution in [3.05, 3.63) is 35.5 Å². The van der Waals surface area contributed by atoms with E-state index in [1.165, 1.54) is 22.0 Å². The minimum absolute atomic E-state index is 0.156. The van der Waals surface area contributed by atoms with Gasteiger partial charge in [-0.05, 0) is 31.2 Å². The van der Waals surface area contributed by atoms with E-state index in [2.05, 4.69) is 62.1 Å². The number of nitrogens with zero attached hydrogens (tertiary/aromatic N) is 1. The predicted molar refractivity (Wildman–Crippen MR) is 74.6 cm³/mol. The van der Waals surface area contributed by atoms with E-state index in [1.807, 2.05) is 7.05 Å². The molecule has 2 aromatic rings. The number of hydrogen-bond acceptors (Lipinski definition) is 1. The average Bonchev–Trinajstić information content (AvgIpc) is 2.57. The quantitative estimate of drug-likeness (QED) is 0.857. The van der Waals surface area contributed by atoms with Crippen LogP contribution in [0.3, 0.4) is 0 Å². The second kappa shape index (κ2) is 4.19. The molecule has 1 heterocycles. The van der Waals surface area contributed by atoms with E-state index in [0.29, 0.717) is 0 Å². The molecule has 0 aliphatic heterocycles. The van der Waals surface area contributed by atoms with Gasteiger partial charge in [0.1, 0.15) is 0 Å². The molecule has 2 nitrogen and oxygen atoms in total. The van der Waals surface area contributed by atoms with Crippen LogP contribution in [0.4, 0.5) is 0 Å². The first kappa shape index (κ1) is 12.2. The average molecular weight is 230 g/mol. The van der Waals surface area contributed by atoms with Crippen LogP contribution >= 0.6 is 0 Å². The summed E-state index contributed by atoms with van der Waals surface area (Å²) in [5, 5.41) is 4.66. The lowest BCUT2D eigenvalue weighted by atomic mass is 9.84. The van der Waals surface area contributed by atoms with E-state index in [1.54, 1.807) is 0 Å². The van der Waals surface area contributed by atoms with E-state index in [9.17, 15) is 0 Å². The van der Waals surface area contributed by atoms with Gasteiger partial charge in [0.2, 0.25) is 0 Å². The number of fused-ring (bicyclic) bond motifs is 1. The second-order valence-electron chi connectivity index (χ2n) is 5.59. The molecule has 0 atom stereocenters. The molecule has 0 amide bonds. The van der Waals surface area contributed by atoms with Crippen LogP contribution in [-0.4, -0.2) is 18.2 Å². The van der Waals surface area contributed by atoms with Gasteiger partial charge < -0.3 is 9.88 Å². The summed E-state index contributed by atoms with van der Waals surface area (Å²) in [4.78, 5) is 0. The molecular weight excluding hydrogens is 208 g/mol. The molecule has 2 rings (SSSR count). The van der Waals surface area contributed by atoms with Crippen LogP contribution in [0.15, 0.2) is 24.4 Å². The zero-order valence-electron chi connectivity index (χ0n) is 11.5. The summed E-state index contributed by atoms with van der Waals surface area (Å²) >= 11 is 0. The molecule has 0 bridgehead atoms. The fourth-order valence-corrected chi connectivity index (χ4v) is 2.57. The molecule has 0 unspecified atom stereocenters. The molecular formula is C15H22N2. The van der Waals surface area contributed by atoms with Crippen LogP contribution in [0.5, 0.6) is 0 Å². The van der Waals surface area contributed by atoms with E-state index >= 15 is 0 Å². The fourth-order valence-electron chi connectivity index (χ4n) is 2.57. The first-order valence-electron chi connectivity index (χ1n) is 6.16. The highest BCUT2D eigenvalue weighted by molar-refractivity contribution is 5.85. The summed E-state index contributed by atoms with van der Waals surface area (Å²) < 4.78 is 2.23. The maximum atomic E-state index is 3.28. The van der Waals surface area contributed by atoms with Crippen LogP contribution < -0.4 is 5.32 Å². The van der Waals surface area contributed by atoms with Gasteiger partial charge in [-0.1, -0.05) is 26.0 Å². The van der Waals surface area contributed by atoms with Gasteiger partial charge >= 0.3 is 0 Å². The van der Waals surface area contributed by atoms with Crippen molar-refractivity contribution in [3.63, 3.8) is 0 Å². The second-order valence-corrected chi connectivity index (χ2v) is 5.59. The summed E-state index contributed by atoms with van der Waals surface area (Å²) in [6.45, 7) is 7.71. The fraction of sp³-hybridized carbons (Fsp3) is 0.467. The Morgan fingerprint density at radius 1 is 1.29 bits per heavy atom. The summed E-state index contributed by atoms with van der Waals surface area (Å²) in [7, 11) is 4.14. The Morgan fingerprint density at radius 2 is 2.00 bits per heavy atom. The molecule has 17 heavy (non-hydrogen) atoms. The van der Waals surface area contributed by atoms with Gasteiger partial charge in [0.15, 0.2) is 0 Å². The third-order valence-electron chi connectivity index (χ3n) is 3.49. The van der Waals surface area contributed by atoms with Crippen LogP contribution in [0.2, 0.25) is 0 Å². The molecule has 1 aromatic heterocycles. The van der Waals surface area contributed by atoms with Crippen molar-refractivity contribution >= 4 is 10.9 Å². The third-order valence-corrected chi connectivity index (χ3v) is 3.49. The lowest BCUT2D eigenvalue weighted by molar-refractivity contribution is 0.496. The lowest BCUT2D eigenvalue weighted by Gasteiger charge is -2.24. The van der Waals surface area contributed by atoms with Crippen molar-refractivity contribution in [1.29, 1.82) is 0 Å². The Hall–Kier alpha value is -1.28. The highest BCUT2D eigenvalue weighted by Crippen LogP contribution is 2.31. The molecule has 1 N–H and O–H groups in total. The molecule has 0 saturated carbocycles. The van der Waals surface area contributed by atoms with Gasteiger partial charge in [-0.3, -0.25) is 0 Å². The maximum Gasteiger partial charge on any atom is 0.0483 e. The van der Waals surface area contributed by atoms with E-state index in [-0.39, 0.29) is 5.41 Å². The Bertz CT molecular complexity index is 535. The number of nitrogens with one attached hydrogen (secondary N) is 1. The Labute approximate surface area is 104 Å². The van der Waals surface area contributed by atoms with Crippen LogP contribution in [0, 0.1) is 6.92 Å². The first-order chi connectivity index (χ1) is 7.95. The monoisotopic (exact) mass is 230 g/mol. The summed E-state index contributed by atoms with van der Waals surface area (Å²) in [5.74, 6) is 0. The van der Waals surface area contributed by atoms with E-state index < -0.39 is 0 Å². The van der Waals surface area contributed by atoms with E-state index in [4.69, 9.17) is 0 Å². The van der Waals surface area contributed by atoms with Gasteiger partial charge in [0.25, 0.3) is 0 Å². The lowest BCUT2D eigenvalue weighted by Crippen LogP contribution is -2.30. The topological polar surface area (TPSA) is 17.0 Å². The Morgan fingerprint density at radius 3 is 2.65 bits per heavy atom. The molecule has 2 heteroatoms. The predicted octanol–water partition coefficient (Wildman–Crippen LogP) is 2.98. The van der Waals surface area contributed by atoms with Crippen molar-refractivity contribution < 1.29 is 0 Å². The zero-order valence-corrected chi connectivity index (χ0v) is 11.5. The molecule has 0 aliphatic rings. The molecule has 0 saturated heterocycles. The van der Waals surface area contributed by atoms with Gasteiger partial charge in [0, 0.05) is 36.1 Å². The van der Waals surface area contributed by atoms with Crippen molar-refractivity contribution in [3.8, 4) is 0 Å². The number of likely N-dealkylation sites (N-methyl/N-ethyl adjacent to an activating group) is 1. The molecule has 1 aromatic carbocycles. The standard InChI is InChI=1S/C15H22N2/c1-11-6-7-12-13(15(2,3)10-16-4)9-17(5)14(12)8-11/h6-9,16H,10H2,1-5H3. The highest BCUT2D eigenvalue weighted by atomic mass is 14.9. The number of rotatable bonds is 3. The number of hydrogen-bond donors (Lipinski definition) is 1. The first-order valence-corrected chi connectivity index (χ1v) is 6.16. The van der Waals surface area contributed by atoms with Gasteiger partial charge in [-0.2, -0.15) is 0 Å². The largest absolute Gasteiger partial charge is 0.350 e. The molecule has 0 radical (unpaired) electrons. The van der Waals surface area contributed by atoms with Crippen molar-refractivity contribution in [2.75, 3.05) is 13.6 Å². The molecule has 0 aliphatic carbocycles. The van der Waals surface area contributed by atoms with Gasteiger partial charge in [0.05, 0.1) is 0 Å². The van der Waals surface area contributed by atoms with Crippen molar-refractivity contribution in [1.82, 2.24) is 9.88 Å². The number of aryl methyl sites for hydroxylation is 2. The molecule has 0 spiro atoms. The van der Waals surface area contributed by atoms with Gasteiger partial charge in [-0.15, -0.1) is 0 Å². The molecule has 92 valence electrons. The Balaban J connectivity index is 2.63. The van der Waals surface area contributed by atoms with Crippen LogP contribution in [0.1, 0.15) is 25.0 Å². The number of aromatic nitrogens is 1. The minimum atomic E-state index is 0.156. The summed E-state index contributed by atoms with van der Waals surface area (Å²) in [6, 6.07) is 6.70. The van der Waals surface area contributed by atoms with Gasteiger partial charge in [-0.25, -0.2) is 0 Å². The highest BCUT2D eigenvalue weighted by Gasteiger charge is 2.23. The smallest absolute Gasteiger partial charge is 0.0483 e. The minimum Gasteiger partial charge on any atom is -0.350 e. The summed E-state index contributed by atoms with van der Waals surface area (Å²) in [6.07, 6.45) is 2.27. The van der Waals surface area contributed by atoms with Crippen LogP contribution in [0.25, 0.3) is 10.9 Å². The maximum absolute atomic E-state index is 3.28. The zero-order chi connectivity index (χ0) is 12.6. The van der Waals surface area contributed by atoms with Crippen molar-refractivity contribution in [2.24, 2.45) is 7.05 Å². The third kappa shape index (κ3) is 2.09. The van der Waals surface area contributed by atoms with Crippen molar-refractivity contribution in [2.45, 2.75) is 26.2 Å². The van der Waals surface area contributed by atoms with Crippen LogP contribution in [-0.2, 0) is 12.5 Å². The Kier molecular flexibility index (Phi) is 3.00. The SMILES string of the molecule is CNCC(C)(C)c1cn(C)c2cc(C)ccc12. The molecule has 0 fully saturated rings. The van der Waals surface area contributed by atoms with E-state index in [0.717, 1.165) is 6.54 Å². The summed E-state index contributed by atoms with van der Waals surface area (Å²) in [5.41, 5.74) is 4.22. The normalized spacial score (nSPS) is 12.3. The number of benzene rings is 1.